The highest BCUT2D eigenvalue weighted by Crippen LogP contribution is 2.19. The number of halogens is 1. The summed E-state index contributed by atoms with van der Waals surface area (Å²) in [5.41, 5.74) is 0.787. The molecule has 0 aliphatic heterocycles. The summed E-state index contributed by atoms with van der Waals surface area (Å²) in [6.07, 6.45) is 1.13. The Balaban J connectivity index is 2.94. The molecule has 2 N–H and O–H groups in total. The minimum absolute atomic E-state index is 0.460. The molecular formula is C5H7BrN2O. The van der Waals surface area contributed by atoms with E-state index < -0.39 is 6.10 Å². The summed E-state index contributed by atoms with van der Waals surface area (Å²) in [5, 5.41) is 15.4. The average molecular weight is 191 g/mol. The van der Waals surface area contributed by atoms with E-state index in [2.05, 4.69) is 26.1 Å². The van der Waals surface area contributed by atoms with E-state index in [4.69, 9.17) is 5.11 Å². The van der Waals surface area contributed by atoms with Crippen molar-refractivity contribution >= 4 is 15.9 Å². The molecule has 0 aromatic carbocycles. The van der Waals surface area contributed by atoms with Crippen molar-refractivity contribution in [2.75, 3.05) is 0 Å². The molecule has 0 saturated heterocycles. The van der Waals surface area contributed by atoms with Gasteiger partial charge in [-0.05, 0) is 22.9 Å². The Kier molecular flexibility index (Phi) is 1.87. The van der Waals surface area contributed by atoms with Gasteiger partial charge in [-0.1, -0.05) is 0 Å². The Hall–Kier alpha value is -0.350. The number of aliphatic hydroxyl groups excluding tert-OH is 1. The SMILES string of the molecule is CC(O)c1cn[nH]c1Br. The molecule has 0 bridgehead atoms. The highest BCUT2D eigenvalue weighted by molar-refractivity contribution is 9.10. The van der Waals surface area contributed by atoms with Crippen molar-refractivity contribution in [1.82, 2.24) is 10.2 Å². The van der Waals surface area contributed by atoms with Crippen LogP contribution in [0.4, 0.5) is 0 Å². The zero-order chi connectivity index (χ0) is 6.85. The first-order valence-corrected chi connectivity index (χ1v) is 3.38. The molecule has 0 aliphatic carbocycles. The number of H-pyrrole nitrogens is 1. The van der Waals surface area contributed by atoms with Crippen molar-refractivity contribution in [3.63, 3.8) is 0 Å². The van der Waals surface area contributed by atoms with E-state index in [9.17, 15) is 0 Å². The molecule has 1 heterocycles. The number of aromatic amines is 1. The molecule has 1 rings (SSSR count). The molecule has 1 unspecified atom stereocenters. The van der Waals surface area contributed by atoms with Crippen LogP contribution in [0.15, 0.2) is 10.8 Å². The fraction of sp³-hybridized carbons (Fsp3) is 0.400. The first-order chi connectivity index (χ1) is 4.22. The van der Waals surface area contributed by atoms with Gasteiger partial charge >= 0.3 is 0 Å². The van der Waals surface area contributed by atoms with Gasteiger partial charge in [0, 0.05) is 5.56 Å². The molecular weight excluding hydrogens is 184 g/mol. The van der Waals surface area contributed by atoms with Gasteiger partial charge in [0.1, 0.15) is 4.60 Å². The Bertz CT molecular complexity index is 197. The van der Waals surface area contributed by atoms with Crippen molar-refractivity contribution in [1.29, 1.82) is 0 Å². The summed E-state index contributed by atoms with van der Waals surface area (Å²) in [7, 11) is 0. The van der Waals surface area contributed by atoms with E-state index in [1.54, 1.807) is 13.1 Å². The van der Waals surface area contributed by atoms with Crippen molar-refractivity contribution < 1.29 is 5.11 Å². The van der Waals surface area contributed by atoms with Crippen molar-refractivity contribution in [3.05, 3.63) is 16.4 Å². The van der Waals surface area contributed by atoms with Gasteiger partial charge in [-0.15, -0.1) is 0 Å². The van der Waals surface area contributed by atoms with Gasteiger partial charge in [-0.25, -0.2) is 0 Å². The van der Waals surface area contributed by atoms with Crippen molar-refractivity contribution in [2.24, 2.45) is 0 Å². The number of rotatable bonds is 1. The summed E-state index contributed by atoms with van der Waals surface area (Å²) in [6.45, 7) is 1.69. The lowest BCUT2D eigenvalue weighted by Gasteiger charge is -1.97. The maximum absolute atomic E-state index is 9.00. The Morgan fingerprint density at radius 2 is 2.56 bits per heavy atom. The Morgan fingerprint density at radius 3 is 2.78 bits per heavy atom. The van der Waals surface area contributed by atoms with Crippen LogP contribution < -0.4 is 0 Å². The normalized spacial score (nSPS) is 13.7. The van der Waals surface area contributed by atoms with Crippen LogP contribution >= 0.6 is 15.9 Å². The number of hydrogen-bond acceptors (Lipinski definition) is 2. The van der Waals surface area contributed by atoms with Gasteiger partial charge in [-0.3, -0.25) is 5.10 Å². The number of nitrogens with zero attached hydrogens (tertiary/aromatic N) is 1. The summed E-state index contributed by atoms with van der Waals surface area (Å²) in [5.74, 6) is 0. The van der Waals surface area contributed by atoms with Crippen LogP contribution in [0.2, 0.25) is 0 Å². The number of aromatic nitrogens is 2. The lowest BCUT2D eigenvalue weighted by molar-refractivity contribution is 0.198. The summed E-state index contributed by atoms with van der Waals surface area (Å²) < 4.78 is 0.748. The predicted octanol–water partition coefficient (Wildman–Crippen LogP) is 1.23. The summed E-state index contributed by atoms with van der Waals surface area (Å²) in [6, 6.07) is 0. The second kappa shape index (κ2) is 2.49. The van der Waals surface area contributed by atoms with Gasteiger partial charge < -0.3 is 5.11 Å². The van der Waals surface area contributed by atoms with Gasteiger partial charge in [-0.2, -0.15) is 5.10 Å². The first kappa shape index (κ1) is 6.77. The lowest BCUT2D eigenvalue weighted by Crippen LogP contribution is -1.87. The third-order valence-corrected chi connectivity index (χ3v) is 1.71. The average Bonchev–Trinajstić information content (AvgIpc) is 2.13. The molecule has 0 spiro atoms. The minimum atomic E-state index is -0.460. The van der Waals surface area contributed by atoms with Crippen LogP contribution in [-0.4, -0.2) is 15.3 Å². The largest absolute Gasteiger partial charge is 0.389 e. The first-order valence-electron chi connectivity index (χ1n) is 2.58. The Morgan fingerprint density at radius 1 is 1.89 bits per heavy atom. The molecule has 0 fully saturated rings. The lowest BCUT2D eigenvalue weighted by atomic mass is 10.2. The van der Waals surface area contributed by atoms with E-state index in [0.29, 0.717) is 0 Å². The van der Waals surface area contributed by atoms with Gasteiger partial charge in [0.15, 0.2) is 0 Å². The molecule has 4 heteroatoms. The van der Waals surface area contributed by atoms with Crippen LogP contribution in [0.3, 0.4) is 0 Å². The monoisotopic (exact) mass is 190 g/mol. The second-order valence-electron chi connectivity index (χ2n) is 1.82. The molecule has 1 aromatic rings. The highest BCUT2D eigenvalue weighted by Gasteiger charge is 2.05. The van der Waals surface area contributed by atoms with Gasteiger partial charge in [0.2, 0.25) is 0 Å². The molecule has 1 atom stereocenters. The quantitative estimate of drug-likeness (QED) is 0.701. The smallest absolute Gasteiger partial charge is 0.106 e. The molecule has 9 heavy (non-hydrogen) atoms. The topological polar surface area (TPSA) is 48.9 Å². The second-order valence-corrected chi connectivity index (χ2v) is 2.61. The van der Waals surface area contributed by atoms with E-state index in [0.717, 1.165) is 10.2 Å². The summed E-state index contributed by atoms with van der Waals surface area (Å²) in [4.78, 5) is 0. The zero-order valence-corrected chi connectivity index (χ0v) is 6.51. The highest BCUT2D eigenvalue weighted by atomic mass is 79.9. The molecule has 0 aliphatic rings. The fourth-order valence-corrected chi connectivity index (χ4v) is 1.11. The van der Waals surface area contributed by atoms with E-state index >= 15 is 0 Å². The number of nitrogens with one attached hydrogen (secondary N) is 1. The number of aliphatic hydroxyl groups is 1. The van der Waals surface area contributed by atoms with Crippen molar-refractivity contribution in [3.8, 4) is 0 Å². The van der Waals surface area contributed by atoms with E-state index in [1.165, 1.54) is 0 Å². The van der Waals surface area contributed by atoms with E-state index in [-0.39, 0.29) is 0 Å². The predicted molar refractivity (Wildman–Crippen MR) is 36.9 cm³/mol. The molecule has 0 saturated carbocycles. The zero-order valence-electron chi connectivity index (χ0n) is 4.93. The Labute approximate surface area is 61.2 Å². The maximum atomic E-state index is 9.00. The van der Waals surface area contributed by atoms with Crippen LogP contribution in [-0.2, 0) is 0 Å². The molecule has 0 radical (unpaired) electrons. The van der Waals surface area contributed by atoms with Gasteiger partial charge in [0.25, 0.3) is 0 Å². The minimum Gasteiger partial charge on any atom is -0.389 e. The van der Waals surface area contributed by atoms with Crippen LogP contribution in [0, 0.1) is 0 Å². The molecule has 50 valence electrons. The third kappa shape index (κ3) is 1.31. The van der Waals surface area contributed by atoms with Crippen LogP contribution in [0.25, 0.3) is 0 Å². The van der Waals surface area contributed by atoms with Crippen LogP contribution in [0.1, 0.15) is 18.6 Å². The van der Waals surface area contributed by atoms with Crippen molar-refractivity contribution in [2.45, 2.75) is 13.0 Å². The third-order valence-electron chi connectivity index (χ3n) is 1.07. The van der Waals surface area contributed by atoms with E-state index in [1.807, 2.05) is 0 Å². The number of hydrogen-bond donors (Lipinski definition) is 2. The van der Waals surface area contributed by atoms with Crippen LogP contribution in [0.5, 0.6) is 0 Å². The maximum Gasteiger partial charge on any atom is 0.106 e. The molecule has 0 amide bonds. The van der Waals surface area contributed by atoms with Gasteiger partial charge in [0.05, 0.1) is 12.3 Å². The summed E-state index contributed by atoms with van der Waals surface area (Å²) >= 11 is 3.19. The standard InChI is InChI=1S/C5H7BrN2O/c1-3(9)4-2-7-8-5(4)6/h2-3,9H,1H3,(H,7,8). The molecule has 3 nitrogen and oxygen atoms in total. The molecule has 1 aromatic heterocycles. The fourth-order valence-electron chi connectivity index (χ4n) is 0.571.